The monoisotopic (exact) mass is 242 g/mol. The van der Waals surface area contributed by atoms with Crippen molar-refractivity contribution in [3.05, 3.63) is 34.9 Å². The largest absolute Gasteiger partial charge is 0.392 e. The Morgan fingerprint density at radius 3 is 2.44 bits per heavy atom. The van der Waals surface area contributed by atoms with Gasteiger partial charge in [-0.2, -0.15) is 0 Å². The van der Waals surface area contributed by atoms with Gasteiger partial charge in [-0.3, -0.25) is 0 Å². The molecule has 0 radical (unpaired) electrons. The molecule has 1 aromatic rings. The lowest BCUT2D eigenvalue weighted by Crippen LogP contribution is -2.31. The van der Waals surface area contributed by atoms with Gasteiger partial charge in [0, 0.05) is 31.2 Å². The van der Waals surface area contributed by atoms with Crippen molar-refractivity contribution in [3.63, 3.8) is 0 Å². The van der Waals surface area contributed by atoms with Crippen molar-refractivity contribution < 1.29 is 5.11 Å². The molecule has 90 valence electrons. The smallest absolute Gasteiger partial charge is 0.0636 e. The van der Waals surface area contributed by atoms with Crippen molar-refractivity contribution in [2.45, 2.75) is 19.6 Å². The molecule has 0 amide bonds. The minimum Gasteiger partial charge on any atom is -0.392 e. The lowest BCUT2D eigenvalue weighted by molar-refractivity contribution is 0.191. The van der Waals surface area contributed by atoms with Crippen molar-refractivity contribution in [1.82, 2.24) is 10.6 Å². The maximum Gasteiger partial charge on any atom is 0.0636 e. The van der Waals surface area contributed by atoms with Gasteiger partial charge in [0.1, 0.15) is 0 Å². The molecule has 1 atom stereocenters. The molecule has 0 bridgehead atoms. The number of aliphatic hydroxyl groups excluding tert-OH is 1. The van der Waals surface area contributed by atoms with Crippen LogP contribution < -0.4 is 10.6 Å². The van der Waals surface area contributed by atoms with E-state index < -0.39 is 0 Å². The number of halogens is 1. The fourth-order valence-electron chi connectivity index (χ4n) is 1.32. The molecule has 0 aliphatic heterocycles. The highest BCUT2D eigenvalue weighted by atomic mass is 35.5. The van der Waals surface area contributed by atoms with Crippen molar-refractivity contribution in [2.24, 2.45) is 0 Å². The molecule has 16 heavy (non-hydrogen) atoms. The fourth-order valence-corrected chi connectivity index (χ4v) is 1.45. The van der Waals surface area contributed by atoms with Crippen LogP contribution in [0.1, 0.15) is 12.5 Å². The Bertz CT molecular complexity index is 288. The highest BCUT2D eigenvalue weighted by molar-refractivity contribution is 6.30. The summed E-state index contributed by atoms with van der Waals surface area (Å²) in [6.45, 7) is 5.00. The maximum atomic E-state index is 9.02. The van der Waals surface area contributed by atoms with Crippen molar-refractivity contribution in [1.29, 1.82) is 0 Å². The second kappa shape index (κ2) is 7.63. The highest BCUT2D eigenvalue weighted by Gasteiger charge is 1.94. The Balaban J connectivity index is 2.05. The highest BCUT2D eigenvalue weighted by Crippen LogP contribution is 2.08. The van der Waals surface area contributed by atoms with Gasteiger partial charge in [0.25, 0.3) is 0 Å². The maximum absolute atomic E-state index is 9.02. The van der Waals surface area contributed by atoms with Crippen molar-refractivity contribution in [2.75, 3.05) is 19.6 Å². The third-order valence-corrected chi connectivity index (χ3v) is 2.41. The lowest BCUT2D eigenvalue weighted by atomic mass is 10.2. The number of benzene rings is 1. The molecule has 0 aliphatic carbocycles. The molecular weight excluding hydrogens is 224 g/mol. The van der Waals surface area contributed by atoms with E-state index in [1.165, 1.54) is 5.56 Å². The standard InChI is InChI=1S/C12H19ClN2O/c1-10(16)8-14-6-7-15-9-11-2-4-12(13)5-3-11/h2-5,10,14-16H,6-9H2,1H3/t10-/m0/s1. The van der Waals surface area contributed by atoms with Crippen LogP contribution in [0, 0.1) is 0 Å². The Labute approximate surface area is 102 Å². The summed E-state index contributed by atoms with van der Waals surface area (Å²) in [7, 11) is 0. The summed E-state index contributed by atoms with van der Waals surface area (Å²) >= 11 is 5.79. The van der Waals surface area contributed by atoms with Crippen LogP contribution in [0.5, 0.6) is 0 Å². The van der Waals surface area contributed by atoms with Crippen LogP contribution in [-0.4, -0.2) is 30.8 Å². The molecule has 0 spiro atoms. The molecule has 0 aliphatic rings. The lowest BCUT2D eigenvalue weighted by Gasteiger charge is -2.08. The quantitative estimate of drug-likeness (QED) is 0.634. The molecule has 1 aromatic carbocycles. The molecular formula is C12H19ClN2O. The SMILES string of the molecule is C[C@H](O)CNCCNCc1ccc(Cl)cc1. The topological polar surface area (TPSA) is 44.3 Å². The summed E-state index contributed by atoms with van der Waals surface area (Å²) in [6.07, 6.45) is -0.281. The third kappa shape index (κ3) is 6.08. The van der Waals surface area contributed by atoms with E-state index in [4.69, 9.17) is 16.7 Å². The first-order valence-electron chi connectivity index (χ1n) is 5.52. The van der Waals surface area contributed by atoms with E-state index in [1.54, 1.807) is 6.92 Å². The van der Waals surface area contributed by atoms with Gasteiger partial charge in [0.2, 0.25) is 0 Å². The van der Waals surface area contributed by atoms with Gasteiger partial charge in [-0.1, -0.05) is 23.7 Å². The third-order valence-electron chi connectivity index (χ3n) is 2.16. The number of rotatable bonds is 7. The minimum absolute atomic E-state index is 0.281. The average Bonchev–Trinajstić information content (AvgIpc) is 2.25. The normalized spacial score (nSPS) is 12.7. The van der Waals surface area contributed by atoms with E-state index in [0.717, 1.165) is 24.7 Å². The van der Waals surface area contributed by atoms with Crippen LogP contribution in [0.25, 0.3) is 0 Å². The molecule has 3 nitrogen and oxygen atoms in total. The summed E-state index contributed by atoms with van der Waals surface area (Å²) in [5.74, 6) is 0. The van der Waals surface area contributed by atoms with Crippen LogP contribution >= 0.6 is 11.6 Å². The molecule has 0 saturated carbocycles. The van der Waals surface area contributed by atoms with E-state index in [9.17, 15) is 0 Å². The molecule has 4 heteroatoms. The molecule has 0 fully saturated rings. The number of aliphatic hydroxyl groups is 1. The zero-order chi connectivity index (χ0) is 11.8. The van der Waals surface area contributed by atoms with Crippen LogP contribution in [0.15, 0.2) is 24.3 Å². The number of hydrogen-bond donors (Lipinski definition) is 3. The first kappa shape index (κ1) is 13.5. The molecule has 0 saturated heterocycles. The van der Waals surface area contributed by atoms with Crippen molar-refractivity contribution >= 4 is 11.6 Å². The van der Waals surface area contributed by atoms with E-state index in [-0.39, 0.29) is 6.10 Å². The zero-order valence-corrected chi connectivity index (χ0v) is 10.3. The van der Waals surface area contributed by atoms with E-state index in [1.807, 2.05) is 24.3 Å². The summed E-state index contributed by atoms with van der Waals surface area (Å²) < 4.78 is 0. The van der Waals surface area contributed by atoms with Crippen molar-refractivity contribution in [3.8, 4) is 0 Å². The zero-order valence-electron chi connectivity index (χ0n) is 9.54. The summed E-state index contributed by atoms with van der Waals surface area (Å²) in [5.41, 5.74) is 1.22. The van der Waals surface area contributed by atoms with Gasteiger partial charge < -0.3 is 15.7 Å². The van der Waals surface area contributed by atoms with Gasteiger partial charge in [-0.15, -0.1) is 0 Å². The van der Waals surface area contributed by atoms with Crippen LogP contribution in [0.2, 0.25) is 5.02 Å². The van der Waals surface area contributed by atoms with Crippen LogP contribution in [0.4, 0.5) is 0 Å². The van der Waals surface area contributed by atoms with Gasteiger partial charge in [-0.05, 0) is 24.6 Å². The summed E-state index contributed by atoms with van der Waals surface area (Å²) in [5, 5.41) is 16.2. The van der Waals surface area contributed by atoms with E-state index >= 15 is 0 Å². The summed E-state index contributed by atoms with van der Waals surface area (Å²) in [6, 6.07) is 7.81. The Morgan fingerprint density at radius 2 is 1.81 bits per heavy atom. The second-order valence-electron chi connectivity index (χ2n) is 3.86. The van der Waals surface area contributed by atoms with E-state index in [2.05, 4.69) is 10.6 Å². The summed E-state index contributed by atoms with van der Waals surface area (Å²) in [4.78, 5) is 0. The minimum atomic E-state index is -0.281. The van der Waals surface area contributed by atoms with Gasteiger partial charge >= 0.3 is 0 Å². The second-order valence-corrected chi connectivity index (χ2v) is 4.29. The average molecular weight is 243 g/mol. The van der Waals surface area contributed by atoms with Crippen LogP contribution in [-0.2, 0) is 6.54 Å². The fraction of sp³-hybridized carbons (Fsp3) is 0.500. The number of nitrogens with one attached hydrogen (secondary N) is 2. The molecule has 1 rings (SSSR count). The Kier molecular flexibility index (Phi) is 6.42. The predicted molar refractivity (Wildman–Crippen MR) is 67.7 cm³/mol. The first-order valence-corrected chi connectivity index (χ1v) is 5.90. The van der Waals surface area contributed by atoms with Crippen LogP contribution in [0.3, 0.4) is 0 Å². The number of hydrogen-bond acceptors (Lipinski definition) is 3. The first-order chi connectivity index (χ1) is 7.68. The Hall–Kier alpha value is -0.610. The van der Waals surface area contributed by atoms with Gasteiger partial charge in [-0.25, -0.2) is 0 Å². The van der Waals surface area contributed by atoms with Gasteiger partial charge in [0.15, 0.2) is 0 Å². The molecule has 0 aromatic heterocycles. The molecule has 3 N–H and O–H groups in total. The predicted octanol–water partition coefficient (Wildman–Crippen LogP) is 1.40. The van der Waals surface area contributed by atoms with E-state index in [0.29, 0.717) is 6.54 Å². The van der Waals surface area contributed by atoms with Gasteiger partial charge in [0.05, 0.1) is 6.10 Å². The molecule has 0 unspecified atom stereocenters. The Morgan fingerprint density at radius 1 is 1.19 bits per heavy atom. The molecule has 0 heterocycles.